The van der Waals surface area contributed by atoms with Crippen LogP contribution in [0.25, 0.3) is 0 Å². The van der Waals surface area contributed by atoms with E-state index in [9.17, 15) is 0 Å². The van der Waals surface area contributed by atoms with Gasteiger partial charge in [-0.1, -0.05) is 31.2 Å². The lowest BCUT2D eigenvalue weighted by Gasteiger charge is -2.32. The minimum atomic E-state index is 0. The summed E-state index contributed by atoms with van der Waals surface area (Å²) in [5, 5.41) is 6.64. The molecule has 2 rings (SSSR count). The number of hydrogen-bond acceptors (Lipinski definition) is 3. The van der Waals surface area contributed by atoms with Crippen LogP contribution in [0.4, 0.5) is 0 Å². The van der Waals surface area contributed by atoms with Crippen LogP contribution in [-0.2, 0) is 13.1 Å². The molecule has 0 amide bonds. The van der Waals surface area contributed by atoms with E-state index in [4.69, 9.17) is 0 Å². The molecule has 0 saturated carbocycles. The average Bonchev–Trinajstić information content (AvgIpc) is 2.58. The quantitative estimate of drug-likeness (QED) is 0.400. The van der Waals surface area contributed by atoms with Crippen LogP contribution in [0, 0.1) is 0 Å². The lowest BCUT2D eigenvalue weighted by Crippen LogP contribution is -2.43. The fourth-order valence-electron chi connectivity index (χ4n) is 2.68. The summed E-state index contributed by atoms with van der Waals surface area (Å²) in [6.45, 7) is 9.64. The molecule has 1 aromatic carbocycles. The molecule has 5 nitrogen and oxygen atoms in total. The molecular weight excluding hydrogens is 413 g/mol. The highest BCUT2D eigenvalue weighted by molar-refractivity contribution is 14.0. The number of nitrogens with one attached hydrogen (secondary N) is 2. The van der Waals surface area contributed by atoms with Crippen LogP contribution in [-0.4, -0.2) is 62.6 Å². The van der Waals surface area contributed by atoms with Gasteiger partial charge in [-0.15, -0.1) is 24.0 Å². The Morgan fingerprint density at radius 2 is 1.67 bits per heavy atom. The third kappa shape index (κ3) is 7.36. The maximum atomic E-state index is 4.23. The molecule has 0 unspecified atom stereocenters. The van der Waals surface area contributed by atoms with Crippen molar-refractivity contribution < 1.29 is 0 Å². The molecule has 0 aromatic heterocycles. The minimum Gasteiger partial charge on any atom is -0.356 e. The number of rotatable bonds is 6. The van der Waals surface area contributed by atoms with Crippen molar-refractivity contribution in [2.24, 2.45) is 4.99 Å². The molecular formula is C18H32IN5. The summed E-state index contributed by atoms with van der Waals surface area (Å²) in [5.41, 5.74) is 2.68. The largest absolute Gasteiger partial charge is 0.356 e. The molecule has 0 aliphatic carbocycles. The van der Waals surface area contributed by atoms with Crippen molar-refractivity contribution in [3.8, 4) is 0 Å². The normalized spacial score (nSPS) is 16.5. The summed E-state index contributed by atoms with van der Waals surface area (Å²) < 4.78 is 0. The molecule has 1 heterocycles. The Labute approximate surface area is 163 Å². The molecule has 6 heteroatoms. The molecule has 24 heavy (non-hydrogen) atoms. The fraction of sp³-hybridized carbons (Fsp3) is 0.611. The zero-order valence-corrected chi connectivity index (χ0v) is 17.5. The van der Waals surface area contributed by atoms with Gasteiger partial charge in [0.25, 0.3) is 0 Å². The number of nitrogens with zero attached hydrogens (tertiary/aromatic N) is 3. The molecule has 1 aliphatic rings. The van der Waals surface area contributed by atoms with E-state index in [1.807, 2.05) is 7.05 Å². The zero-order chi connectivity index (χ0) is 16.5. The van der Waals surface area contributed by atoms with Crippen molar-refractivity contribution in [3.05, 3.63) is 35.4 Å². The summed E-state index contributed by atoms with van der Waals surface area (Å²) in [7, 11) is 4.01. The van der Waals surface area contributed by atoms with Gasteiger partial charge < -0.3 is 15.5 Å². The molecule has 0 spiro atoms. The third-order valence-corrected chi connectivity index (χ3v) is 4.25. The Morgan fingerprint density at radius 1 is 1.04 bits per heavy atom. The van der Waals surface area contributed by atoms with Gasteiger partial charge in [0, 0.05) is 52.9 Å². The Balaban J connectivity index is 0.00000288. The van der Waals surface area contributed by atoms with E-state index < -0.39 is 0 Å². The summed E-state index contributed by atoms with van der Waals surface area (Å²) in [5.74, 6) is 0.869. The zero-order valence-electron chi connectivity index (χ0n) is 15.2. The highest BCUT2D eigenvalue weighted by Crippen LogP contribution is 2.09. The van der Waals surface area contributed by atoms with Crippen LogP contribution in [0.15, 0.2) is 29.3 Å². The van der Waals surface area contributed by atoms with E-state index in [1.165, 1.54) is 37.3 Å². The number of aliphatic imine (C=N–C) groups is 1. The number of benzene rings is 1. The Bertz CT molecular complexity index is 481. The highest BCUT2D eigenvalue weighted by atomic mass is 127. The second-order valence-corrected chi connectivity index (χ2v) is 6.25. The molecule has 0 atom stereocenters. The first-order chi connectivity index (χ1) is 11.2. The number of piperazine rings is 1. The maximum Gasteiger partial charge on any atom is 0.191 e. The van der Waals surface area contributed by atoms with E-state index in [2.05, 4.69) is 63.7 Å². The van der Waals surface area contributed by atoms with E-state index in [-0.39, 0.29) is 24.0 Å². The standard InChI is InChI=1S/C18H31N5.HI/c1-4-9-20-18(19-2)21-14-16-5-7-17(8-6-16)15-23-12-10-22(3)11-13-23;/h5-8H,4,9-15H2,1-3H3,(H2,19,20,21);1H. The van der Waals surface area contributed by atoms with Gasteiger partial charge in [-0.25, -0.2) is 0 Å². The van der Waals surface area contributed by atoms with E-state index >= 15 is 0 Å². The van der Waals surface area contributed by atoms with Crippen LogP contribution in [0.1, 0.15) is 24.5 Å². The van der Waals surface area contributed by atoms with E-state index in [0.29, 0.717) is 0 Å². The maximum absolute atomic E-state index is 4.23. The van der Waals surface area contributed by atoms with Crippen molar-refractivity contribution in [2.45, 2.75) is 26.4 Å². The van der Waals surface area contributed by atoms with Crippen LogP contribution >= 0.6 is 24.0 Å². The van der Waals surface area contributed by atoms with Crippen molar-refractivity contribution in [3.63, 3.8) is 0 Å². The number of likely N-dealkylation sites (N-methyl/N-ethyl adjacent to an activating group) is 1. The fourth-order valence-corrected chi connectivity index (χ4v) is 2.68. The second-order valence-electron chi connectivity index (χ2n) is 6.25. The van der Waals surface area contributed by atoms with Gasteiger partial charge in [-0.05, 0) is 24.6 Å². The topological polar surface area (TPSA) is 42.9 Å². The number of halogens is 1. The smallest absolute Gasteiger partial charge is 0.191 e. The van der Waals surface area contributed by atoms with Crippen molar-refractivity contribution in [2.75, 3.05) is 46.8 Å². The van der Waals surface area contributed by atoms with Gasteiger partial charge in [0.2, 0.25) is 0 Å². The van der Waals surface area contributed by atoms with Crippen LogP contribution < -0.4 is 10.6 Å². The number of hydrogen-bond donors (Lipinski definition) is 2. The molecule has 2 N–H and O–H groups in total. The molecule has 0 bridgehead atoms. The summed E-state index contributed by atoms with van der Waals surface area (Å²) >= 11 is 0. The second kappa shape index (κ2) is 11.7. The van der Waals surface area contributed by atoms with Crippen molar-refractivity contribution in [1.29, 1.82) is 0 Å². The first-order valence-electron chi connectivity index (χ1n) is 8.64. The van der Waals surface area contributed by atoms with Crippen LogP contribution in [0.3, 0.4) is 0 Å². The lowest BCUT2D eigenvalue weighted by atomic mass is 10.1. The first kappa shape index (κ1) is 21.2. The van der Waals surface area contributed by atoms with Gasteiger partial charge >= 0.3 is 0 Å². The molecule has 1 fully saturated rings. The van der Waals surface area contributed by atoms with Crippen molar-refractivity contribution in [1.82, 2.24) is 20.4 Å². The average molecular weight is 445 g/mol. The predicted molar refractivity (Wildman–Crippen MR) is 113 cm³/mol. The summed E-state index contributed by atoms with van der Waals surface area (Å²) in [4.78, 5) is 9.15. The van der Waals surface area contributed by atoms with Crippen molar-refractivity contribution >= 4 is 29.9 Å². The molecule has 136 valence electrons. The Morgan fingerprint density at radius 3 is 2.25 bits per heavy atom. The van der Waals surface area contributed by atoms with Gasteiger partial charge in [-0.3, -0.25) is 9.89 Å². The molecule has 0 radical (unpaired) electrons. The Kier molecular flexibility index (Phi) is 10.3. The first-order valence-corrected chi connectivity index (χ1v) is 8.64. The van der Waals surface area contributed by atoms with Gasteiger partial charge in [0.15, 0.2) is 5.96 Å². The van der Waals surface area contributed by atoms with Gasteiger partial charge in [-0.2, -0.15) is 0 Å². The predicted octanol–water partition coefficient (Wildman–Crippen LogP) is 2.13. The van der Waals surface area contributed by atoms with Gasteiger partial charge in [0.05, 0.1) is 0 Å². The summed E-state index contributed by atoms with van der Waals surface area (Å²) in [6.07, 6.45) is 1.10. The SMILES string of the molecule is CCCNC(=NC)NCc1ccc(CN2CCN(C)CC2)cc1.I. The molecule has 1 aromatic rings. The van der Waals surface area contributed by atoms with E-state index in [1.54, 1.807) is 0 Å². The molecule has 1 saturated heterocycles. The monoisotopic (exact) mass is 445 g/mol. The summed E-state index contributed by atoms with van der Waals surface area (Å²) in [6, 6.07) is 8.92. The lowest BCUT2D eigenvalue weighted by molar-refractivity contribution is 0.148. The minimum absolute atomic E-state index is 0. The molecule has 1 aliphatic heterocycles. The van der Waals surface area contributed by atoms with Crippen LogP contribution in [0.5, 0.6) is 0 Å². The van der Waals surface area contributed by atoms with Gasteiger partial charge in [0.1, 0.15) is 0 Å². The Hall–Kier alpha value is -0.860. The number of guanidine groups is 1. The third-order valence-electron chi connectivity index (χ3n) is 4.25. The van der Waals surface area contributed by atoms with Crippen LogP contribution in [0.2, 0.25) is 0 Å². The highest BCUT2D eigenvalue weighted by Gasteiger charge is 2.13. The van der Waals surface area contributed by atoms with E-state index in [0.717, 1.165) is 32.0 Å².